The van der Waals surface area contributed by atoms with Gasteiger partial charge in [0.15, 0.2) is 0 Å². The molecule has 1 amide bonds. The van der Waals surface area contributed by atoms with Crippen molar-refractivity contribution in [3.05, 3.63) is 82.9 Å². The number of halogens is 1. The largest absolute Gasteiger partial charge is 0.336 e. The van der Waals surface area contributed by atoms with Crippen LogP contribution in [0.3, 0.4) is 0 Å². The smallest absolute Gasteiger partial charge is 0.255 e. The summed E-state index contributed by atoms with van der Waals surface area (Å²) in [5.41, 5.74) is 6.17. The van der Waals surface area contributed by atoms with Gasteiger partial charge in [-0.15, -0.1) is 0 Å². The maximum absolute atomic E-state index is 12.8. The average molecular weight is 473 g/mol. The molecular weight excluding hydrogens is 448 g/mol. The first kappa shape index (κ1) is 21.3. The van der Waals surface area contributed by atoms with E-state index in [1.165, 1.54) is 30.3 Å². The highest BCUT2D eigenvalue weighted by Gasteiger charge is 2.27. The quantitative estimate of drug-likeness (QED) is 0.433. The summed E-state index contributed by atoms with van der Waals surface area (Å²) in [5, 5.41) is 8.32. The monoisotopic (exact) mass is 472 g/mol. The van der Waals surface area contributed by atoms with Gasteiger partial charge in [0.25, 0.3) is 5.91 Å². The minimum absolute atomic E-state index is 0.0141. The van der Waals surface area contributed by atoms with Crippen LogP contribution in [0.2, 0.25) is 5.02 Å². The molecule has 2 aliphatic rings. The van der Waals surface area contributed by atoms with Gasteiger partial charge < -0.3 is 9.30 Å². The second-order valence-corrected chi connectivity index (χ2v) is 9.51. The zero-order chi connectivity index (χ0) is 23.1. The maximum atomic E-state index is 12.8. The maximum Gasteiger partial charge on any atom is 0.255 e. The predicted octanol–water partition coefficient (Wildman–Crippen LogP) is 4.28. The lowest BCUT2D eigenvalue weighted by Crippen LogP contribution is -2.48. The molecule has 1 aliphatic carbocycles. The van der Waals surface area contributed by atoms with Crippen LogP contribution in [-0.2, 0) is 6.54 Å². The summed E-state index contributed by atoms with van der Waals surface area (Å²) < 4.78 is 2.26. The number of pyridine rings is 1. The number of hydrogen-bond acceptors (Lipinski definition) is 5. The van der Waals surface area contributed by atoms with E-state index in [0.29, 0.717) is 24.6 Å². The van der Waals surface area contributed by atoms with E-state index in [2.05, 4.69) is 37.8 Å². The zero-order valence-corrected chi connectivity index (χ0v) is 19.5. The molecule has 3 aromatic heterocycles. The molecule has 1 aromatic carbocycles. The topological polar surface area (TPSA) is 66.6 Å². The van der Waals surface area contributed by atoms with Crippen LogP contribution in [0.5, 0.6) is 0 Å². The lowest BCUT2D eigenvalue weighted by Gasteiger charge is -2.34. The van der Waals surface area contributed by atoms with Gasteiger partial charge in [-0.25, -0.2) is 4.98 Å². The summed E-state index contributed by atoms with van der Waals surface area (Å²) in [6.07, 6.45) is 7.89. The third kappa shape index (κ3) is 4.17. The summed E-state index contributed by atoms with van der Waals surface area (Å²) in [5.74, 6) is 0.691. The minimum Gasteiger partial charge on any atom is -0.336 e. The number of piperazine rings is 1. The molecule has 8 heteroatoms. The number of carbonyl (C=O) groups is 1. The second-order valence-electron chi connectivity index (χ2n) is 9.08. The Morgan fingerprint density at radius 3 is 2.47 bits per heavy atom. The first-order chi connectivity index (χ1) is 16.7. The van der Waals surface area contributed by atoms with Gasteiger partial charge in [-0.1, -0.05) is 29.8 Å². The van der Waals surface area contributed by atoms with E-state index in [1.54, 1.807) is 12.3 Å². The molecule has 7 nitrogen and oxygen atoms in total. The van der Waals surface area contributed by atoms with Gasteiger partial charge >= 0.3 is 0 Å². The number of fused-ring (bicyclic) bond motifs is 1. The van der Waals surface area contributed by atoms with E-state index in [1.807, 2.05) is 29.2 Å². The first-order valence-corrected chi connectivity index (χ1v) is 12.1. The van der Waals surface area contributed by atoms with Crippen molar-refractivity contribution in [2.24, 2.45) is 0 Å². The molecule has 0 bridgehead atoms. The number of aromatic nitrogens is 4. The van der Waals surface area contributed by atoms with Crippen molar-refractivity contribution < 1.29 is 4.79 Å². The predicted molar refractivity (Wildman–Crippen MR) is 131 cm³/mol. The van der Waals surface area contributed by atoms with Crippen molar-refractivity contribution in [2.75, 3.05) is 26.2 Å². The molecule has 0 N–H and O–H groups in total. The van der Waals surface area contributed by atoms with E-state index >= 15 is 0 Å². The molecule has 1 saturated carbocycles. The van der Waals surface area contributed by atoms with Crippen LogP contribution in [-0.4, -0.2) is 61.5 Å². The van der Waals surface area contributed by atoms with Crippen molar-refractivity contribution in [1.29, 1.82) is 0 Å². The number of amides is 1. The molecule has 6 rings (SSSR count). The molecule has 0 unspecified atom stereocenters. The lowest BCUT2D eigenvalue weighted by molar-refractivity contribution is 0.0626. The highest BCUT2D eigenvalue weighted by atomic mass is 35.5. The van der Waals surface area contributed by atoms with Crippen molar-refractivity contribution in [3.63, 3.8) is 0 Å². The molecule has 0 atom stereocenters. The Morgan fingerprint density at radius 1 is 0.971 bits per heavy atom. The van der Waals surface area contributed by atoms with Crippen LogP contribution in [0.1, 0.15) is 40.4 Å². The number of rotatable bonds is 5. The van der Waals surface area contributed by atoms with Gasteiger partial charge in [0.05, 0.1) is 29.3 Å². The van der Waals surface area contributed by atoms with Gasteiger partial charge in [-0.05, 0) is 48.6 Å². The molecule has 34 heavy (non-hydrogen) atoms. The fourth-order valence-corrected chi connectivity index (χ4v) is 4.80. The third-order valence-corrected chi connectivity index (χ3v) is 7.02. The molecule has 4 aromatic rings. The van der Waals surface area contributed by atoms with Gasteiger partial charge in [0.1, 0.15) is 5.65 Å². The van der Waals surface area contributed by atoms with E-state index < -0.39 is 0 Å². The SMILES string of the molecule is O=C(c1ccnnc1)N1CCN(Cc2c(-c3ccc(Cl)cc3)nc3ccc(C4CC4)cn23)CC1. The Hall–Kier alpha value is -3.29. The lowest BCUT2D eigenvalue weighted by atomic mass is 10.1. The number of benzene rings is 1. The molecule has 172 valence electrons. The van der Waals surface area contributed by atoms with Crippen LogP contribution < -0.4 is 0 Å². The van der Waals surface area contributed by atoms with Crippen LogP contribution in [0.15, 0.2) is 61.1 Å². The summed E-state index contributed by atoms with van der Waals surface area (Å²) in [7, 11) is 0. The summed E-state index contributed by atoms with van der Waals surface area (Å²) in [6, 6.07) is 14.0. The fraction of sp³-hybridized carbons (Fsp3) is 0.308. The van der Waals surface area contributed by atoms with Crippen LogP contribution in [0.4, 0.5) is 0 Å². The van der Waals surface area contributed by atoms with Gasteiger partial charge in [-0.3, -0.25) is 9.69 Å². The molecule has 4 heterocycles. The van der Waals surface area contributed by atoms with Crippen molar-refractivity contribution in [3.8, 4) is 11.3 Å². The zero-order valence-electron chi connectivity index (χ0n) is 18.8. The highest BCUT2D eigenvalue weighted by molar-refractivity contribution is 6.30. The van der Waals surface area contributed by atoms with Gasteiger partial charge in [0.2, 0.25) is 0 Å². The molecular formula is C26H25ClN6O. The van der Waals surface area contributed by atoms with E-state index in [9.17, 15) is 4.79 Å². The third-order valence-electron chi connectivity index (χ3n) is 6.77. The summed E-state index contributed by atoms with van der Waals surface area (Å²) in [4.78, 5) is 22.1. The number of carbonyl (C=O) groups excluding carboxylic acids is 1. The average Bonchev–Trinajstić information content (AvgIpc) is 3.68. The molecule has 2 fully saturated rings. The Bertz CT molecular complexity index is 1320. The van der Waals surface area contributed by atoms with Crippen molar-refractivity contribution >= 4 is 23.2 Å². The van der Waals surface area contributed by atoms with E-state index in [4.69, 9.17) is 16.6 Å². The Morgan fingerprint density at radius 2 is 1.76 bits per heavy atom. The second kappa shape index (κ2) is 8.81. The number of imidazole rings is 1. The molecule has 1 aliphatic heterocycles. The van der Waals surface area contributed by atoms with Crippen LogP contribution >= 0.6 is 11.6 Å². The minimum atomic E-state index is 0.0141. The van der Waals surface area contributed by atoms with Crippen LogP contribution in [0.25, 0.3) is 16.9 Å². The van der Waals surface area contributed by atoms with E-state index in [-0.39, 0.29) is 5.91 Å². The normalized spacial score (nSPS) is 16.8. The Balaban J connectivity index is 1.27. The first-order valence-electron chi connectivity index (χ1n) is 11.7. The van der Waals surface area contributed by atoms with Crippen molar-refractivity contribution in [2.45, 2.75) is 25.3 Å². The Kier molecular flexibility index (Phi) is 5.51. The summed E-state index contributed by atoms with van der Waals surface area (Å²) in [6.45, 7) is 3.74. The van der Waals surface area contributed by atoms with Crippen molar-refractivity contribution in [1.82, 2.24) is 29.4 Å². The molecule has 1 saturated heterocycles. The van der Waals surface area contributed by atoms with Gasteiger partial charge in [-0.2, -0.15) is 10.2 Å². The Labute approximate surface area is 203 Å². The summed E-state index contributed by atoms with van der Waals surface area (Å²) >= 11 is 6.15. The fourth-order valence-electron chi connectivity index (χ4n) is 4.68. The molecule has 0 radical (unpaired) electrons. The molecule has 0 spiro atoms. The number of nitrogens with zero attached hydrogens (tertiary/aromatic N) is 6. The van der Waals surface area contributed by atoms with Crippen LogP contribution in [0, 0.1) is 0 Å². The van der Waals surface area contributed by atoms with E-state index in [0.717, 1.165) is 41.6 Å². The van der Waals surface area contributed by atoms with Gasteiger partial charge in [0, 0.05) is 49.5 Å². The number of hydrogen-bond donors (Lipinski definition) is 0. The highest BCUT2D eigenvalue weighted by Crippen LogP contribution is 2.40. The standard InChI is InChI=1S/C26H25ClN6O/c27-22-6-3-19(4-7-22)25-23(33-16-21(18-1-2-18)5-8-24(33)30-25)17-31-11-13-32(14-12-31)26(34)20-9-10-28-29-15-20/h3-10,15-16,18H,1-2,11-14,17H2.